The molecule has 6 rings (SSSR count). The molecule has 0 saturated heterocycles. The summed E-state index contributed by atoms with van der Waals surface area (Å²) < 4.78 is 0. The maximum atomic E-state index is 2.36. The molecule has 24 heavy (non-hydrogen) atoms. The molecule has 5 aromatic rings. The van der Waals surface area contributed by atoms with Crippen molar-refractivity contribution in [1.29, 1.82) is 0 Å². The maximum absolute atomic E-state index is 2.36. The second-order valence-electron chi connectivity index (χ2n) is 6.62. The van der Waals surface area contributed by atoms with Crippen molar-refractivity contribution >= 4 is 32.3 Å². The van der Waals surface area contributed by atoms with Crippen molar-refractivity contribution in [3.05, 3.63) is 84.9 Å². The fraction of sp³-hybridized carbons (Fsp3) is 0. The van der Waals surface area contributed by atoms with E-state index >= 15 is 0 Å². The summed E-state index contributed by atoms with van der Waals surface area (Å²) in [6, 6.07) is 31.1. The largest absolute Gasteiger partial charge is 0.0616 e. The van der Waals surface area contributed by atoms with E-state index in [4.69, 9.17) is 0 Å². The van der Waals surface area contributed by atoms with Gasteiger partial charge in [0.2, 0.25) is 0 Å². The molecule has 0 heterocycles. The zero-order valence-electron chi connectivity index (χ0n) is 13.1. The Balaban J connectivity index is 1.92. The topological polar surface area (TPSA) is 0 Å². The predicted octanol–water partition coefficient (Wildman–Crippen LogP) is 6.79. The van der Waals surface area contributed by atoms with Gasteiger partial charge in [-0.1, -0.05) is 66.7 Å². The van der Waals surface area contributed by atoms with E-state index in [1.165, 1.54) is 54.6 Å². The minimum atomic E-state index is 1.30. The molecule has 0 spiro atoms. The van der Waals surface area contributed by atoms with Crippen LogP contribution in [0, 0.1) is 0 Å². The zero-order valence-corrected chi connectivity index (χ0v) is 13.1. The summed E-state index contributed by atoms with van der Waals surface area (Å²) in [6.45, 7) is 0. The van der Waals surface area contributed by atoms with E-state index < -0.39 is 0 Å². The van der Waals surface area contributed by atoms with Crippen LogP contribution >= 0.6 is 0 Å². The Hall–Kier alpha value is -3.12. The Morgan fingerprint density at radius 1 is 0.417 bits per heavy atom. The van der Waals surface area contributed by atoms with E-state index in [2.05, 4.69) is 84.9 Å². The van der Waals surface area contributed by atoms with Gasteiger partial charge in [0, 0.05) is 0 Å². The summed E-state index contributed by atoms with van der Waals surface area (Å²) in [5.41, 5.74) is 5.50. The highest BCUT2D eigenvalue weighted by Gasteiger charge is 2.23. The number of benzene rings is 5. The third-order valence-electron chi connectivity index (χ3n) is 5.33. The van der Waals surface area contributed by atoms with Gasteiger partial charge in [-0.15, -0.1) is 0 Å². The molecule has 0 unspecified atom stereocenters. The van der Waals surface area contributed by atoms with Crippen LogP contribution in [0.1, 0.15) is 0 Å². The predicted molar refractivity (Wildman–Crippen MR) is 103 cm³/mol. The fourth-order valence-electron chi connectivity index (χ4n) is 4.31. The first kappa shape index (κ1) is 12.3. The highest BCUT2D eigenvalue weighted by molar-refractivity contribution is 6.25. The molecule has 0 bridgehead atoms. The molecule has 110 valence electrons. The van der Waals surface area contributed by atoms with Gasteiger partial charge >= 0.3 is 0 Å². The lowest BCUT2D eigenvalue weighted by Crippen LogP contribution is -1.82. The second-order valence-corrected chi connectivity index (χ2v) is 6.62. The van der Waals surface area contributed by atoms with Gasteiger partial charge in [-0.2, -0.15) is 0 Å². The highest BCUT2D eigenvalue weighted by atomic mass is 14.3. The molecule has 0 atom stereocenters. The minimum Gasteiger partial charge on any atom is -0.0616 e. The van der Waals surface area contributed by atoms with Crippen molar-refractivity contribution in [3.8, 4) is 22.3 Å². The van der Waals surface area contributed by atoms with Gasteiger partial charge in [0.25, 0.3) is 0 Å². The normalized spacial score (nSPS) is 12.2. The quantitative estimate of drug-likeness (QED) is 0.271. The number of rotatable bonds is 0. The Morgan fingerprint density at radius 3 is 1.92 bits per heavy atom. The van der Waals surface area contributed by atoms with Crippen molar-refractivity contribution in [3.63, 3.8) is 0 Å². The van der Waals surface area contributed by atoms with Gasteiger partial charge in [0.15, 0.2) is 0 Å². The SMILES string of the molecule is c1ccc2c(c1)-c1cccc3cc4cc5ccccc5cc4c-2c13. The third-order valence-corrected chi connectivity index (χ3v) is 5.33. The van der Waals surface area contributed by atoms with Gasteiger partial charge in [-0.25, -0.2) is 0 Å². The molecule has 0 fully saturated rings. The van der Waals surface area contributed by atoms with Crippen LogP contribution in [0.4, 0.5) is 0 Å². The van der Waals surface area contributed by atoms with Gasteiger partial charge < -0.3 is 0 Å². The molecule has 0 aromatic heterocycles. The standard InChI is InChI=1S/C24H14/c1-2-7-16-14-22-18(12-15(16)6-1)13-17-8-5-11-20-19-9-3-4-10-21(19)24(22)23(17)20/h1-14H. The Labute approximate surface area is 140 Å². The van der Waals surface area contributed by atoms with Crippen LogP contribution in [0.15, 0.2) is 84.9 Å². The summed E-state index contributed by atoms with van der Waals surface area (Å²) in [7, 11) is 0. The van der Waals surface area contributed by atoms with Crippen molar-refractivity contribution < 1.29 is 0 Å². The monoisotopic (exact) mass is 302 g/mol. The van der Waals surface area contributed by atoms with Gasteiger partial charge in [-0.05, 0) is 72.8 Å². The fourth-order valence-corrected chi connectivity index (χ4v) is 4.31. The van der Waals surface area contributed by atoms with Crippen molar-refractivity contribution in [2.45, 2.75) is 0 Å². The average molecular weight is 302 g/mol. The van der Waals surface area contributed by atoms with Crippen LogP contribution in [0.5, 0.6) is 0 Å². The van der Waals surface area contributed by atoms with Crippen molar-refractivity contribution in [2.75, 3.05) is 0 Å². The molecule has 0 saturated carbocycles. The van der Waals surface area contributed by atoms with Crippen LogP contribution in [0.25, 0.3) is 54.6 Å². The van der Waals surface area contributed by atoms with Gasteiger partial charge in [-0.3, -0.25) is 0 Å². The molecule has 0 nitrogen and oxygen atoms in total. The number of hydrogen-bond donors (Lipinski definition) is 0. The van der Waals surface area contributed by atoms with Crippen LogP contribution in [-0.2, 0) is 0 Å². The molecule has 0 N–H and O–H groups in total. The van der Waals surface area contributed by atoms with Crippen molar-refractivity contribution in [2.24, 2.45) is 0 Å². The van der Waals surface area contributed by atoms with E-state index in [1.807, 2.05) is 0 Å². The van der Waals surface area contributed by atoms with Crippen LogP contribution in [0.2, 0.25) is 0 Å². The second kappa shape index (κ2) is 4.24. The highest BCUT2D eigenvalue weighted by Crippen LogP contribution is 2.50. The molecule has 0 heteroatoms. The molecular weight excluding hydrogens is 288 g/mol. The van der Waals surface area contributed by atoms with E-state index in [9.17, 15) is 0 Å². The summed E-state index contributed by atoms with van der Waals surface area (Å²) in [4.78, 5) is 0. The Bertz CT molecular complexity index is 1290. The minimum absolute atomic E-state index is 1.30. The van der Waals surface area contributed by atoms with Gasteiger partial charge in [0.05, 0.1) is 0 Å². The maximum Gasteiger partial charge on any atom is -0.00141 e. The zero-order chi connectivity index (χ0) is 15.7. The lowest BCUT2D eigenvalue weighted by molar-refractivity contribution is 1.70. The van der Waals surface area contributed by atoms with E-state index in [0.29, 0.717) is 0 Å². The molecule has 1 aliphatic rings. The van der Waals surface area contributed by atoms with Crippen LogP contribution in [0.3, 0.4) is 0 Å². The molecule has 1 aliphatic carbocycles. The average Bonchev–Trinajstić information content (AvgIpc) is 2.97. The lowest BCUT2D eigenvalue weighted by Gasteiger charge is -2.10. The third kappa shape index (κ3) is 1.43. The number of fused-ring (bicyclic) bond motifs is 6. The van der Waals surface area contributed by atoms with Crippen LogP contribution < -0.4 is 0 Å². The summed E-state index contributed by atoms with van der Waals surface area (Å²) in [6.07, 6.45) is 0. The Kier molecular flexibility index (Phi) is 2.18. The molecule has 0 aliphatic heterocycles. The van der Waals surface area contributed by atoms with Crippen molar-refractivity contribution in [1.82, 2.24) is 0 Å². The molecular formula is C24H14. The van der Waals surface area contributed by atoms with Crippen LogP contribution in [-0.4, -0.2) is 0 Å². The molecule has 0 radical (unpaired) electrons. The first-order chi connectivity index (χ1) is 11.9. The summed E-state index contributed by atoms with van der Waals surface area (Å²) in [5, 5.41) is 8.04. The first-order valence-corrected chi connectivity index (χ1v) is 8.38. The molecule has 0 amide bonds. The summed E-state index contributed by atoms with van der Waals surface area (Å²) >= 11 is 0. The number of hydrogen-bond acceptors (Lipinski definition) is 0. The molecule has 5 aromatic carbocycles. The lowest BCUT2D eigenvalue weighted by atomic mass is 9.93. The van der Waals surface area contributed by atoms with E-state index in [0.717, 1.165) is 0 Å². The van der Waals surface area contributed by atoms with E-state index in [1.54, 1.807) is 0 Å². The smallest absolute Gasteiger partial charge is 0.00141 e. The summed E-state index contributed by atoms with van der Waals surface area (Å²) in [5.74, 6) is 0. The van der Waals surface area contributed by atoms with Gasteiger partial charge in [0.1, 0.15) is 0 Å². The van der Waals surface area contributed by atoms with E-state index in [-0.39, 0.29) is 0 Å². The Morgan fingerprint density at radius 2 is 1.04 bits per heavy atom. The first-order valence-electron chi connectivity index (χ1n) is 8.38.